The average Bonchev–Trinajstić information content (AvgIpc) is 2.65. The van der Waals surface area contributed by atoms with Gasteiger partial charge in [-0.15, -0.1) is 0 Å². The molecule has 2 aromatic rings. The number of halogens is 1. The number of nitrogens with two attached hydrogens (primary N) is 1. The number of hydrogen-bond acceptors (Lipinski definition) is 3. The van der Waals surface area contributed by atoms with E-state index in [4.69, 9.17) is 22.1 Å². The predicted molar refractivity (Wildman–Crippen MR) is 109 cm³/mol. The molecule has 1 unspecified atom stereocenters. The molecule has 1 atom stereocenters. The largest absolute Gasteiger partial charge is 0.484 e. The summed E-state index contributed by atoms with van der Waals surface area (Å²) >= 11 is 6.27. The normalized spacial score (nSPS) is 12.3. The highest BCUT2D eigenvalue weighted by Gasteiger charge is 2.10. The van der Waals surface area contributed by atoms with Gasteiger partial charge in [-0.2, -0.15) is 0 Å². The van der Waals surface area contributed by atoms with Gasteiger partial charge in [0, 0.05) is 11.6 Å². The number of carbonyl (C=O) groups excluding carboxylic acids is 1. The summed E-state index contributed by atoms with van der Waals surface area (Å²) in [7, 11) is 0. The monoisotopic (exact) mass is 388 g/mol. The zero-order chi connectivity index (χ0) is 19.6. The average molecular weight is 389 g/mol. The van der Waals surface area contributed by atoms with Gasteiger partial charge in [-0.3, -0.25) is 4.79 Å². The van der Waals surface area contributed by atoms with E-state index in [0.29, 0.717) is 23.3 Å². The minimum atomic E-state index is -0.509. The van der Waals surface area contributed by atoms with Crippen molar-refractivity contribution in [3.8, 4) is 5.75 Å². The lowest BCUT2D eigenvalue weighted by molar-refractivity contribution is -0.119. The van der Waals surface area contributed by atoms with Crippen molar-refractivity contribution in [2.24, 2.45) is 10.7 Å². The van der Waals surface area contributed by atoms with Gasteiger partial charge in [-0.25, -0.2) is 4.99 Å². The summed E-state index contributed by atoms with van der Waals surface area (Å²) < 4.78 is 5.33. The predicted octanol–water partition coefficient (Wildman–Crippen LogP) is 3.02. The van der Waals surface area contributed by atoms with Crippen LogP contribution in [0.25, 0.3) is 0 Å². The van der Waals surface area contributed by atoms with E-state index in [1.807, 2.05) is 56.3 Å². The number of rotatable bonds is 8. The minimum Gasteiger partial charge on any atom is -0.484 e. The summed E-state index contributed by atoms with van der Waals surface area (Å²) in [5, 5.41) is 7.31. The van der Waals surface area contributed by atoms with Gasteiger partial charge in [-0.05, 0) is 43.2 Å². The van der Waals surface area contributed by atoms with Gasteiger partial charge in [0.2, 0.25) is 0 Å². The van der Waals surface area contributed by atoms with E-state index in [-0.39, 0.29) is 12.6 Å². The summed E-state index contributed by atoms with van der Waals surface area (Å²) in [5.41, 5.74) is 7.07. The van der Waals surface area contributed by atoms with E-state index in [9.17, 15) is 4.79 Å². The number of guanidine groups is 1. The molecule has 0 aliphatic rings. The number of aliphatic imine (C=N–C) groups is 1. The number of ether oxygens (including phenoxy) is 1. The molecule has 0 radical (unpaired) electrons. The first kappa shape index (κ1) is 20.6. The number of amides is 1. The van der Waals surface area contributed by atoms with Crippen molar-refractivity contribution in [1.82, 2.24) is 10.6 Å². The molecule has 0 aromatic heterocycles. The Morgan fingerprint density at radius 1 is 1.26 bits per heavy atom. The fourth-order valence-electron chi connectivity index (χ4n) is 2.49. The van der Waals surface area contributed by atoms with Gasteiger partial charge < -0.3 is 21.1 Å². The number of nitrogens with one attached hydrogen (secondary N) is 2. The van der Waals surface area contributed by atoms with E-state index < -0.39 is 5.91 Å². The Hall–Kier alpha value is -2.73. The molecule has 0 saturated heterocycles. The fraction of sp³-hybridized carbons (Fsp3) is 0.300. The first-order valence-corrected chi connectivity index (χ1v) is 9.16. The summed E-state index contributed by atoms with van der Waals surface area (Å²) in [6.45, 7) is 5.09. The van der Waals surface area contributed by atoms with Gasteiger partial charge in [0.15, 0.2) is 12.6 Å². The number of nitrogens with zero attached hydrogens (tertiary/aromatic N) is 1. The first-order valence-electron chi connectivity index (χ1n) is 8.79. The van der Waals surface area contributed by atoms with Crippen molar-refractivity contribution in [3.63, 3.8) is 0 Å². The van der Waals surface area contributed by atoms with Gasteiger partial charge >= 0.3 is 0 Å². The molecule has 0 spiro atoms. The third-order valence-electron chi connectivity index (χ3n) is 3.77. The maximum absolute atomic E-state index is 10.8. The van der Waals surface area contributed by atoms with Crippen molar-refractivity contribution >= 4 is 23.5 Å². The standard InChI is InChI=1S/C20H25ClN4O2/c1-3-23-20(25-14(2)17-9-4-5-10-18(17)21)24-12-15-7-6-8-16(11-15)27-13-19(22)26/h4-11,14H,3,12-13H2,1-2H3,(H2,22,26)(H2,23,24,25). The van der Waals surface area contributed by atoms with Crippen LogP contribution in [0.3, 0.4) is 0 Å². The fourth-order valence-corrected chi connectivity index (χ4v) is 2.79. The third-order valence-corrected chi connectivity index (χ3v) is 4.11. The summed E-state index contributed by atoms with van der Waals surface area (Å²) in [6, 6.07) is 15.1. The van der Waals surface area contributed by atoms with Crippen molar-refractivity contribution < 1.29 is 9.53 Å². The SMILES string of the molecule is CCNC(=NCc1cccc(OCC(N)=O)c1)NC(C)c1ccccc1Cl. The number of primary amides is 1. The van der Waals surface area contributed by atoms with Crippen LogP contribution in [-0.4, -0.2) is 25.0 Å². The van der Waals surface area contributed by atoms with Gasteiger partial charge in [-0.1, -0.05) is 41.9 Å². The molecule has 0 saturated carbocycles. The summed E-state index contributed by atoms with van der Waals surface area (Å²) in [6.07, 6.45) is 0. The highest BCUT2D eigenvalue weighted by molar-refractivity contribution is 6.31. The zero-order valence-corrected chi connectivity index (χ0v) is 16.3. The molecule has 2 aromatic carbocycles. The quantitative estimate of drug-likeness (QED) is 0.479. The second kappa shape index (κ2) is 10.4. The van der Waals surface area contributed by atoms with Crippen LogP contribution in [0.5, 0.6) is 5.75 Å². The number of carbonyl (C=O) groups is 1. The van der Waals surface area contributed by atoms with Crippen LogP contribution in [0.4, 0.5) is 0 Å². The molecule has 7 heteroatoms. The minimum absolute atomic E-state index is 0.00161. The van der Waals surface area contributed by atoms with Gasteiger partial charge in [0.25, 0.3) is 5.91 Å². The lowest BCUT2D eigenvalue weighted by atomic mass is 10.1. The van der Waals surface area contributed by atoms with E-state index in [2.05, 4.69) is 15.6 Å². The van der Waals surface area contributed by atoms with Crippen molar-refractivity contribution in [2.45, 2.75) is 26.4 Å². The Balaban J connectivity index is 2.05. The molecular formula is C20H25ClN4O2. The molecule has 4 N–H and O–H groups in total. The third kappa shape index (κ3) is 6.83. The van der Waals surface area contributed by atoms with Crippen LogP contribution < -0.4 is 21.1 Å². The van der Waals surface area contributed by atoms with Crippen LogP contribution in [0.15, 0.2) is 53.5 Å². The first-order chi connectivity index (χ1) is 13.0. The lowest BCUT2D eigenvalue weighted by Gasteiger charge is -2.19. The maximum atomic E-state index is 10.8. The molecule has 0 fully saturated rings. The van der Waals surface area contributed by atoms with Gasteiger partial charge in [0.1, 0.15) is 5.75 Å². The second-order valence-corrected chi connectivity index (χ2v) is 6.39. The Bertz CT molecular complexity index is 795. The van der Waals surface area contributed by atoms with Crippen LogP contribution in [0.2, 0.25) is 5.02 Å². The summed E-state index contributed by atoms with van der Waals surface area (Å²) in [4.78, 5) is 15.5. The van der Waals surface area contributed by atoms with Crippen LogP contribution in [-0.2, 0) is 11.3 Å². The molecule has 27 heavy (non-hydrogen) atoms. The highest BCUT2D eigenvalue weighted by atomic mass is 35.5. The number of hydrogen-bond donors (Lipinski definition) is 3. The molecule has 1 amide bonds. The zero-order valence-electron chi connectivity index (χ0n) is 15.5. The van der Waals surface area contributed by atoms with E-state index in [0.717, 1.165) is 17.7 Å². The molecule has 0 bridgehead atoms. The molecular weight excluding hydrogens is 364 g/mol. The molecule has 144 valence electrons. The Labute approximate surface area is 164 Å². The lowest BCUT2D eigenvalue weighted by Crippen LogP contribution is -2.38. The van der Waals surface area contributed by atoms with E-state index >= 15 is 0 Å². The van der Waals surface area contributed by atoms with Gasteiger partial charge in [0.05, 0.1) is 12.6 Å². The molecule has 0 aliphatic heterocycles. The van der Waals surface area contributed by atoms with Crippen molar-refractivity contribution in [2.75, 3.05) is 13.2 Å². The van der Waals surface area contributed by atoms with Crippen LogP contribution >= 0.6 is 11.6 Å². The van der Waals surface area contributed by atoms with Crippen LogP contribution in [0.1, 0.15) is 31.0 Å². The maximum Gasteiger partial charge on any atom is 0.255 e. The smallest absolute Gasteiger partial charge is 0.255 e. The van der Waals surface area contributed by atoms with E-state index in [1.165, 1.54) is 0 Å². The second-order valence-electron chi connectivity index (χ2n) is 5.99. The van der Waals surface area contributed by atoms with Crippen LogP contribution in [0, 0.1) is 0 Å². The molecule has 0 heterocycles. The Kier molecular flexibility index (Phi) is 7.95. The van der Waals surface area contributed by atoms with Crippen molar-refractivity contribution in [1.29, 1.82) is 0 Å². The van der Waals surface area contributed by atoms with E-state index in [1.54, 1.807) is 6.07 Å². The molecule has 2 rings (SSSR count). The highest BCUT2D eigenvalue weighted by Crippen LogP contribution is 2.22. The number of benzene rings is 2. The molecule has 0 aliphatic carbocycles. The van der Waals surface area contributed by atoms with Crippen molar-refractivity contribution in [3.05, 3.63) is 64.7 Å². The summed E-state index contributed by atoms with van der Waals surface area (Å²) in [5.74, 6) is 0.767. The Morgan fingerprint density at radius 2 is 2.04 bits per heavy atom. The molecule has 6 nitrogen and oxygen atoms in total. The Morgan fingerprint density at radius 3 is 2.74 bits per heavy atom. The topological polar surface area (TPSA) is 88.7 Å².